The van der Waals surface area contributed by atoms with Gasteiger partial charge in [0.2, 0.25) is 0 Å². The Hall–Kier alpha value is -3.82. The number of nitrogen functional groups attached to an aromatic ring is 1. The van der Waals surface area contributed by atoms with Crippen LogP contribution in [-0.4, -0.2) is 48.9 Å². The fourth-order valence-corrected chi connectivity index (χ4v) is 4.18. The van der Waals surface area contributed by atoms with E-state index < -0.39 is 5.82 Å². The van der Waals surface area contributed by atoms with Gasteiger partial charge in [0.15, 0.2) is 12.4 Å². The highest BCUT2D eigenvalue weighted by molar-refractivity contribution is 6.15. The molecule has 0 atom stereocenters. The number of aromatic nitrogens is 3. The predicted octanol–water partition coefficient (Wildman–Crippen LogP) is 3.28. The summed E-state index contributed by atoms with van der Waals surface area (Å²) in [5.41, 5.74) is 8.85. The molecular weight excluding hydrogens is 471 g/mol. The van der Waals surface area contributed by atoms with E-state index in [2.05, 4.69) is 21.5 Å². The molecule has 0 radical (unpaired) electrons. The zero-order valence-electron chi connectivity index (χ0n) is 19.1. The summed E-state index contributed by atoms with van der Waals surface area (Å²) in [6, 6.07) is 10.1. The van der Waals surface area contributed by atoms with Gasteiger partial charge in [0.05, 0.1) is 41.9 Å². The Morgan fingerprint density at radius 2 is 1.94 bits per heavy atom. The second kappa shape index (κ2) is 10.6. The first-order valence-electron chi connectivity index (χ1n) is 10.9. The minimum atomic E-state index is -0.622. The van der Waals surface area contributed by atoms with Crippen LogP contribution in [0.15, 0.2) is 59.8 Å². The number of anilines is 2. The van der Waals surface area contributed by atoms with E-state index in [9.17, 15) is 9.18 Å². The van der Waals surface area contributed by atoms with Crippen molar-refractivity contribution in [2.75, 3.05) is 43.3 Å². The lowest BCUT2D eigenvalue weighted by atomic mass is 9.96. The fraction of sp³-hybridized carbons (Fsp3) is 0.200. The number of ether oxygens (including phenoxy) is 1. The molecule has 4 aromatic rings. The van der Waals surface area contributed by atoms with E-state index in [4.69, 9.17) is 20.9 Å². The third-order valence-electron chi connectivity index (χ3n) is 5.81. The number of nitrogens with two attached hydrogens (primary N) is 1. The maximum Gasteiger partial charge on any atom is 0.321 e. The molecule has 180 valence electrons. The molecular formula is C25H25ClFN6O2+. The van der Waals surface area contributed by atoms with Crippen LogP contribution in [0.3, 0.4) is 0 Å². The monoisotopic (exact) mass is 495 g/mol. The molecule has 1 saturated heterocycles. The Balaban J connectivity index is 0.00000141. The van der Waals surface area contributed by atoms with Crippen LogP contribution >= 0.6 is 11.6 Å². The van der Waals surface area contributed by atoms with E-state index in [0.29, 0.717) is 41.1 Å². The van der Waals surface area contributed by atoms with Gasteiger partial charge in [0, 0.05) is 48.9 Å². The Bertz CT molecular complexity index is 1420. The standard InChI is InChI=1S/C24H21FN6O2.CH3Cl/c25-18-5-4-16(17(13-26)21(18)27)20-22-19(12-15(14-28-22)30-8-10-33-11-9-30)29-24(32)23(20)31-6-2-1-3-7-31;1-2/h1-7,12-14H,8-11H2,(H3-,26,27,29,32);1H3/p+1. The van der Waals surface area contributed by atoms with Crippen LogP contribution in [0.1, 0.15) is 5.56 Å². The third-order valence-corrected chi connectivity index (χ3v) is 5.81. The van der Waals surface area contributed by atoms with Crippen LogP contribution in [0.2, 0.25) is 0 Å². The molecule has 4 heterocycles. The number of benzene rings is 1. The number of hydrogen-bond acceptors (Lipinski definition) is 6. The smallest absolute Gasteiger partial charge is 0.321 e. The molecule has 1 aliphatic rings. The Morgan fingerprint density at radius 1 is 1.23 bits per heavy atom. The number of nitrogens with zero attached hydrogens (tertiary/aromatic N) is 3. The summed E-state index contributed by atoms with van der Waals surface area (Å²) in [4.78, 5) is 23.2. The summed E-state index contributed by atoms with van der Waals surface area (Å²) in [5, 5.41) is 7.87. The average molecular weight is 496 g/mol. The van der Waals surface area contributed by atoms with Crippen LogP contribution in [0.4, 0.5) is 15.8 Å². The number of H-pyrrole nitrogens is 1. The van der Waals surface area contributed by atoms with E-state index in [1.807, 2.05) is 12.1 Å². The average Bonchev–Trinajstić information content (AvgIpc) is 2.91. The molecule has 0 spiro atoms. The zero-order valence-corrected chi connectivity index (χ0v) is 19.8. The number of morpholine rings is 1. The van der Waals surface area contributed by atoms with E-state index in [0.717, 1.165) is 25.0 Å². The Labute approximate surface area is 206 Å². The van der Waals surface area contributed by atoms with Crippen LogP contribution in [0.5, 0.6) is 0 Å². The quantitative estimate of drug-likeness (QED) is 0.174. The van der Waals surface area contributed by atoms with Gasteiger partial charge in [-0.1, -0.05) is 12.1 Å². The molecule has 35 heavy (non-hydrogen) atoms. The molecule has 0 aliphatic carbocycles. The molecule has 1 aliphatic heterocycles. The summed E-state index contributed by atoms with van der Waals surface area (Å²) in [5.74, 6) is -0.622. The van der Waals surface area contributed by atoms with Crippen molar-refractivity contribution in [3.8, 4) is 16.8 Å². The molecule has 0 saturated carbocycles. The van der Waals surface area contributed by atoms with E-state index in [1.165, 1.54) is 18.5 Å². The number of pyridine rings is 3. The molecule has 0 bridgehead atoms. The number of fused-ring (bicyclic) bond motifs is 1. The number of halogens is 2. The Morgan fingerprint density at radius 3 is 2.63 bits per heavy atom. The van der Waals surface area contributed by atoms with Gasteiger partial charge in [0.1, 0.15) is 11.3 Å². The molecule has 0 amide bonds. The van der Waals surface area contributed by atoms with E-state index in [-0.39, 0.29) is 16.8 Å². The number of nitrogens with one attached hydrogen (secondary N) is 2. The summed E-state index contributed by atoms with van der Waals surface area (Å²) in [7, 11) is 0. The van der Waals surface area contributed by atoms with Gasteiger partial charge in [-0.3, -0.25) is 9.78 Å². The molecule has 10 heteroatoms. The summed E-state index contributed by atoms with van der Waals surface area (Å²) >= 11 is 4.64. The van der Waals surface area contributed by atoms with Crippen molar-refractivity contribution in [3.05, 3.63) is 76.7 Å². The van der Waals surface area contributed by atoms with Crippen molar-refractivity contribution >= 4 is 40.2 Å². The van der Waals surface area contributed by atoms with Crippen molar-refractivity contribution in [1.82, 2.24) is 9.97 Å². The summed E-state index contributed by atoms with van der Waals surface area (Å²) in [6.07, 6.45) is 7.73. The van der Waals surface area contributed by atoms with Gasteiger partial charge in [-0.2, -0.15) is 4.57 Å². The number of hydrogen-bond donors (Lipinski definition) is 3. The third kappa shape index (κ3) is 4.60. The SMILES string of the molecule is CCl.N=Cc1c(-c2c(-[n+]3ccccc3)c(=O)[nH]c3cc(N4CCOCC4)cnc23)ccc(F)c1N. The van der Waals surface area contributed by atoms with Crippen LogP contribution in [-0.2, 0) is 4.74 Å². The minimum absolute atomic E-state index is 0.148. The molecule has 8 nitrogen and oxygen atoms in total. The summed E-state index contributed by atoms with van der Waals surface area (Å²) < 4.78 is 21.3. The number of rotatable bonds is 4. The zero-order chi connectivity index (χ0) is 24.9. The highest BCUT2D eigenvalue weighted by Crippen LogP contribution is 2.34. The molecule has 3 aromatic heterocycles. The van der Waals surface area contributed by atoms with Crippen molar-refractivity contribution < 1.29 is 13.7 Å². The summed E-state index contributed by atoms with van der Waals surface area (Å²) in [6.45, 7) is 2.71. The molecule has 5 rings (SSSR count). The lowest BCUT2D eigenvalue weighted by Gasteiger charge is -2.28. The lowest BCUT2D eigenvalue weighted by Crippen LogP contribution is -2.38. The van der Waals surface area contributed by atoms with Gasteiger partial charge in [-0.15, -0.1) is 11.6 Å². The van der Waals surface area contributed by atoms with E-state index >= 15 is 0 Å². The maximum absolute atomic E-state index is 14.2. The molecule has 1 aromatic carbocycles. The topological polar surface area (TPSA) is 112 Å². The first-order valence-corrected chi connectivity index (χ1v) is 11.7. The minimum Gasteiger partial charge on any atom is -0.396 e. The van der Waals surface area contributed by atoms with Gasteiger partial charge >= 0.3 is 5.56 Å². The highest BCUT2D eigenvalue weighted by atomic mass is 35.5. The predicted molar refractivity (Wildman–Crippen MR) is 136 cm³/mol. The van der Waals surface area contributed by atoms with Gasteiger partial charge < -0.3 is 25.8 Å². The van der Waals surface area contributed by atoms with Crippen LogP contribution in [0, 0.1) is 11.2 Å². The number of aromatic amines is 1. The van der Waals surface area contributed by atoms with Crippen molar-refractivity contribution in [1.29, 1.82) is 5.41 Å². The first-order chi connectivity index (χ1) is 17.1. The van der Waals surface area contributed by atoms with E-state index in [1.54, 1.807) is 35.3 Å². The van der Waals surface area contributed by atoms with Gasteiger partial charge in [-0.25, -0.2) is 4.39 Å². The largest absolute Gasteiger partial charge is 0.396 e. The number of alkyl halides is 1. The highest BCUT2D eigenvalue weighted by Gasteiger charge is 2.27. The van der Waals surface area contributed by atoms with Crippen molar-refractivity contribution in [2.45, 2.75) is 0 Å². The second-order valence-corrected chi connectivity index (χ2v) is 7.72. The van der Waals surface area contributed by atoms with Crippen molar-refractivity contribution in [3.63, 3.8) is 0 Å². The first kappa shape index (κ1) is 24.3. The van der Waals surface area contributed by atoms with Crippen LogP contribution in [0.25, 0.3) is 27.8 Å². The molecule has 4 N–H and O–H groups in total. The van der Waals surface area contributed by atoms with Crippen LogP contribution < -0.4 is 20.8 Å². The fourth-order valence-electron chi connectivity index (χ4n) is 4.18. The normalized spacial score (nSPS) is 13.3. The van der Waals surface area contributed by atoms with Gasteiger partial charge in [-0.05, 0) is 12.1 Å². The molecule has 0 unspecified atom stereocenters. The maximum atomic E-state index is 14.2. The Kier molecular flexibility index (Phi) is 7.38. The molecule has 1 fully saturated rings. The lowest BCUT2D eigenvalue weighted by molar-refractivity contribution is -0.596. The van der Waals surface area contributed by atoms with Crippen molar-refractivity contribution in [2.24, 2.45) is 0 Å². The van der Waals surface area contributed by atoms with Gasteiger partial charge in [0.25, 0.3) is 5.69 Å². The second-order valence-electron chi connectivity index (χ2n) is 7.72.